The summed E-state index contributed by atoms with van der Waals surface area (Å²) < 4.78 is 42.7. The van der Waals surface area contributed by atoms with Crippen LogP contribution < -0.4 is 13.8 Å². The largest absolute Gasteiger partial charge is 0.486 e. The van der Waals surface area contributed by atoms with Crippen LogP contribution in [-0.4, -0.2) is 41.3 Å². The maximum Gasteiger partial charge on any atom is 0.326 e. The SMILES string of the molecule is COC(=O)CN(c1ccc2c(c1)OCCO2)S(=O)(=O)c1ccc(Cl)cc1. The van der Waals surface area contributed by atoms with Crippen LogP contribution in [0.15, 0.2) is 47.4 Å². The molecule has 1 heterocycles. The highest BCUT2D eigenvalue weighted by Crippen LogP contribution is 2.35. The standard InChI is InChI=1S/C17H16ClNO6S/c1-23-17(20)11-19(26(21,22)14-5-2-12(18)3-6-14)13-4-7-15-16(10-13)25-9-8-24-15/h2-7,10H,8-9,11H2,1H3. The van der Waals surface area contributed by atoms with Crippen LogP contribution in [0.3, 0.4) is 0 Å². The fourth-order valence-electron chi connectivity index (χ4n) is 2.42. The fourth-order valence-corrected chi connectivity index (χ4v) is 3.94. The molecule has 1 aliphatic rings. The van der Waals surface area contributed by atoms with Gasteiger partial charge in [-0.15, -0.1) is 0 Å². The molecule has 3 rings (SSSR count). The molecular weight excluding hydrogens is 382 g/mol. The zero-order valence-electron chi connectivity index (χ0n) is 13.8. The second kappa shape index (κ2) is 7.43. The highest BCUT2D eigenvalue weighted by atomic mass is 35.5. The van der Waals surface area contributed by atoms with Crippen LogP contribution in [0.1, 0.15) is 0 Å². The number of carbonyl (C=O) groups excluding carboxylic acids is 1. The van der Waals surface area contributed by atoms with Crippen molar-refractivity contribution in [1.82, 2.24) is 0 Å². The molecule has 0 N–H and O–H groups in total. The lowest BCUT2D eigenvalue weighted by Gasteiger charge is -2.25. The van der Waals surface area contributed by atoms with Gasteiger partial charge in [0.25, 0.3) is 10.0 Å². The van der Waals surface area contributed by atoms with Crippen molar-refractivity contribution < 1.29 is 27.4 Å². The van der Waals surface area contributed by atoms with Gasteiger partial charge in [-0.3, -0.25) is 9.10 Å². The number of carbonyl (C=O) groups is 1. The topological polar surface area (TPSA) is 82.1 Å². The van der Waals surface area contributed by atoms with Gasteiger partial charge in [0.15, 0.2) is 11.5 Å². The summed E-state index contributed by atoms with van der Waals surface area (Å²) in [4.78, 5) is 11.8. The van der Waals surface area contributed by atoms with E-state index in [1.165, 1.54) is 37.4 Å². The van der Waals surface area contributed by atoms with E-state index < -0.39 is 22.5 Å². The Kier molecular flexibility index (Phi) is 5.24. The lowest BCUT2D eigenvalue weighted by molar-refractivity contribution is -0.138. The van der Waals surface area contributed by atoms with Gasteiger partial charge in [0.2, 0.25) is 0 Å². The van der Waals surface area contributed by atoms with Crippen LogP contribution in [0, 0.1) is 0 Å². The van der Waals surface area contributed by atoms with Crippen molar-refractivity contribution in [1.29, 1.82) is 0 Å². The molecule has 26 heavy (non-hydrogen) atoms. The van der Waals surface area contributed by atoms with Gasteiger partial charge in [0, 0.05) is 11.1 Å². The number of benzene rings is 2. The van der Waals surface area contributed by atoms with Crippen molar-refractivity contribution in [3.8, 4) is 11.5 Å². The third-order valence-electron chi connectivity index (χ3n) is 3.72. The first-order valence-corrected chi connectivity index (χ1v) is 9.48. The van der Waals surface area contributed by atoms with E-state index in [-0.39, 0.29) is 10.6 Å². The smallest absolute Gasteiger partial charge is 0.326 e. The first kappa shape index (κ1) is 18.3. The molecule has 0 saturated carbocycles. The van der Waals surface area contributed by atoms with Crippen LogP contribution >= 0.6 is 11.6 Å². The average molecular weight is 398 g/mol. The highest BCUT2D eigenvalue weighted by Gasteiger charge is 2.28. The molecule has 1 aliphatic heterocycles. The van der Waals surface area contributed by atoms with E-state index in [0.717, 1.165) is 4.31 Å². The molecule has 0 aliphatic carbocycles. The molecular formula is C17H16ClNO6S. The van der Waals surface area contributed by atoms with E-state index in [1.54, 1.807) is 12.1 Å². The molecule has 2 aromatic rings. The molecule has 0 spiro atoms. The number of esters is 1. The summed E-state index contributed by atoms with van der Waals surface area (Å²) in [6.45, 7) is 0.291. The number of halogens is 1. The van der Waals surface area contributed by atoms with Crippen molar-refractivity contribution in [3.63, 3.8) is 0 Å². The fraction of sp³-hybridized carbons (Fsp3) is 0.235. The van der Waals surface area contributed by atoms with E-state index in [0.29, 0.717) is 29.7 Å². The molecule has 0 saturated heterocycles. The number of ether oxygens (including phenoxy) is 3. The van der Waals surface area contributed by atoms with E-state index >= 15 is 0 Å². The Morgan fingerprint density at radius 2 is 1.77 bits per heavy atom. The minimum absolute atomic E-state index is 0.000641. The Balaban J connectivity index is 2.05. The van der Waals surface area contributed by atoms with Gasteiger partial charge >= 0.3 is 5.97 Å². The Morgan fingerprint density at radius 3 is 2.42 bits per heavy atom. The van der Waals surface area contributed by atoms with Gasteiger partial charge in [-0.1, -0.05) is 11.6 Å². The molecule has 0 unspecified atom stereocenters. The molecule has 0 amide bonds. The van der Waals surface area contributed by atoms with Crippen molar-refractivity contribution in [2.75, 3.05) is 31.2 Å². The number of anilines is 1. The van der Waals surface area contributed by atoms with Gasteiger partial charge in [0.1, 0.15) is 19.8 Å². The number of sulfonamides is 1. The average Bonchev–Trinajstić information content (AvgIpc) is 2.65. The van der Waals surface area contributed by atoms with E-state index in [9.17, 15) is 13.2 Å². The quantitative estimate of drug-likeness (QED) is 0.721. The molecule has 0 radical (unpaired) electrons. The van der Waals surface area contributed by atoms with Crippen LogP contribution in [0.25, 0.3) is 0 Å². The summed E-state index contributed by atoms with van der Waals surface area (Å²) >= 11 is 5.83. The zero-order chi connectivity index (χ0) is 18.7. The number of hydrogen-bond acceptors (Lipinski definition) is 6. The normalized spacial score (nSPS) is 13.2. The van der Waals surface area contributed by atoms with Gasteiger partial charge in [-0.25, -0.2) is 8.42 Å². The first-order chi connectivity index (χ1) is 12.4. The summed E-state index contributed by atoms with van der Waals surface area (Å²) in [7, 11) is -2.83. The van der Waals surface area contributed by atoms with Gasteiger partial charge < -0.3 is 14.2 Å². The summed E-state index contributed by atoms with van der Waals surface area (Å²) in [6.07, 6.45) is 0. The van der Waals surface area contributed by atoms with Gasteiger partial charge in [-0.2, -0.15) is 0 Å². The second-order valence-corrected chi connectivity index (χ2v) is 7.67. The minimum atomic E-state index is -4.03. The molecule has 138 valence electrons. The van der Waals surface area contributed by atoms with E-state index in [4.69, 9.17) is 21.1 Å². The number of fused-ring (bicyclic) bond motifs is 1. The Bertz CT molecular complexity index is 913. The summed E-state index contributed by atoms with van der Waals surface area (Å²) in [5.74, 6) is 0.231. The number of methoxy groups -OCH3 is 1. The van der Waals surface area contributed by atoms with E-state index in [2.05, 4.69) is 4.74 Å². The third kappa shape index (κ3) is 3.71. The van der Waals surface area contributed by atoms with Crippen LogP contribution in [0.2, 0.25) is 5.02 Å². The van der Waals surface area contributed by atoms with Crippen molar-refractivity contribution >= 4 is 33.3 Å². The zero-order valence-corrected chi connectivity index (χ0v) is 15.4. The maximum absolute atomic E-state index is 13.1. The minimum Gasteiger partial charge on any atom is -0.486 e. The number of rotatable bonds is 5. The maximum atomic E-state index is 13.1. The first-order valence-electron chi connectivity index (χ1n) is 7.66. The molecule has 0 fully saturated rings. The third-order valence-corrected chi connectivity index (χ3v) is 5.76. The molecule has 0 bridgehead atoms. The van der Waals surface area contributed by atoms with E-state index in [1.807, 2.05) is 0 Å². The summed E-state index contributed by atoms with van der Waals surface area (Å²) in [5, 5.41) is 0.405. The second-order valence-electron chi connectivity index (χ2n) is 5.37. The molecule has 0 aromatic heterocycles. The lowest BCUT2D eigenvalue weighted by atomic mass is 10.2. The van der Waals surface area contributed by atoms with Crippen LogP contribution in [-0.2, 0) is 19.6 Å². The van der Waals surface area contributed by atoms with Crippen molar-refractivity contribution in [2.24, 2.45) is 0 Å². The number of hydrogen-bond donors (Lipinski definition) is 0. The lowest BCUT2D eigenvalue weighted by Crippen LogP contribution is -2.36. The summed E-state index contributed by atoms with van der Waals surface area (Å²) in [6, 6.07) is 10.4. The van der Waals surface area contributed by atoms with Crippen LogP contribution in [0.5, 0.6) is 11.5 Å². The van der Waals surface area contributed by atoms with Gasteiger partial charge in [0.05, 0.1) is 17.7 Å². The predicted octanol–water partition coefficient (Wildman–Crippen LogP) is 2.48. The predicted molar refractivity (Wildman–Crippen MR) is 95.4 cm³/mol. The molecule has 9 heteroatoms. The summed E-state index contributed by atoms with van der Waals surface area (Å²) in [5.41, 5.74) is 0.259. The Labute approximate surface area is 156 Å². The molecule has 0 atom stereocenters. The van der Waals surface area contributed by atoms with Crippen LogP contribution in [0.4, 0.5) is 5.69 Å². The van der Waals surface area contributed by atoms with Crippen molar-refractivity contribution in [2.45, 2.75) is 4.90 Å². The monoisotopic (exact) mass is 397 g/mol. The Morgan fingerprint density at radius 1 is 1.12 bits per heavy atom. The Hall–Kier alpha value is -2.45. The molecule has 2 aromatic carbocycles. The highest BCUT2D eigenvalue weighted by molar-refractivity contribution is 7.92. The molecule has 7 nitrogen and oxygen atoms in total. The van der Waals surface area contributed by atoms with Gasteiger partial charge in [-0.05, 0) is 36.4 Å². The number of nitrogens with zero attached hydrogens (tertiary/aromatic N) is 1. The van der Waals surface area contributed by atoms with Crippen molar-refractivity contribution in [3.05, 3.63) is 47.5 Å².